The first kappa shape index (κ1) is 24.5. The van der Waals surface area contributed by atoms with Gasteiger partial charge in [-0.3, -0.25) is 9.59 Å². The van der Waals surface area contributed by atoms with E-state index >= 15 is 0 Å². The Labute approximate surface area is 189 Å². The van der Waals surface area contributed by atoms with Crippen LogP contribution in [0.15, 0.2) is 0 Å². The normalized spacial score (nSPS) is 22.1. The molecule has 0 aromatic carbocycles. The summed E-state index contributed by atoms with van der Waals surface area (Å²) in [7, 11) is 0. The predicted octanol–water partition coefficient (Wildman–Crippen LogP) is 3.69. The van der Waals surface area contributed by atoms with Crippen LogP contribution in [-0.4, -0.2) is 85.0 Å². The molecular weight excluding hydrogens is 390 g/mol. The zero-order valence-corrected chi connectivity index (χ0v) is 19.9. The highest BCUT2D eigenvalue weighted by Gasteiger charge is 2.33. The van der Waals surface area contributed by atoms with E-state index in [4.69, 9.17) is 4.74 Å². The summed E-state index contributed by atoms with van der Waals surface area (Å²) in [5, 5.41) is 0. The first-order valence-corrected chi connectivity index (χ1v) is 13.1. The molecule has 3 saturated heterocycles. The Hall–Kier alpha value is -1.14. The summed E-state index contributed by atoms with van der Waals surface area (Å²) in [4.78, 5) is 32.0. The van der Waals surface area contributed by atoms with E-state index in [-0.39, 0.29) is 5.92 Å². The lowest BCUT2D eigenvalue weighted by molar-refractivity contribution is -0.141. The third kappa shape index (κ3) is 7.74. The molecule has 6 nitrogen and oxygen atoms in total. The van der Waals surface area contributed by atoms with Crippen molar-refractivity contribution in [3.05, 3.63) is 0 Å². The van der Waals surface area contributed by atoms with Crippen molar-refractivity contribution in [1.29, 1.82) is 0 Å². The molecule has 3 fully saturated rings. The standard InChI is InChI=1S/C25H45N3O3/c1-2-3-4-5-6-7-8-9-24(29)27-16-12-23(13-17-27)26-14-10-22(11-15-26)25(30)28-18-20-31-21-19-28/h22-23H,2-21H2,1H3. The van der Waals surface area contributed by atoms with Crippen LogP contribution in [0, 0.1) is 5.92 Å². The van der Waals surface area contributed by atoms with Crippen LogP contribution in [-0.2, 0) is 14.3 Å². The van der Waals surface area contributed by atoms with Crippen LogP contribution in [0.4, 0.5) is 0 Å². The SMILES string of the molecule is CCCCCCCCCC(=O)N1CCC(N2CCC(C(=O)N3CCOCC3)CC2)CC1. The molecule has 0 spiro atoms. The minimum absolute atomic E-state index is 0.193. The first-order valence-electron chi connectivity index (χ1n) is 13.1. The Morgan fingerprint density at radius 2 is 1.35 bits per heavy atom. The van der Waals surface area contributed by atoms with Gasteiger partial charge in [0.15, 0.2) is 0 Å². The van der Waals surface area contributed by atoms with Crippen molar-refractivity contribution in [2.24, 2.45) is 5.92 Å². The number of likely N-dealkylation sites (tertiary alicyclic amines) is 2. The molecule has 0 unspecified atom stereocenters. The van der Waals surface area contributed by atoms with Crippen LogP contribution in [0.3, 0.4) is 0 Å². The van der Waals surface area contributed by atoms with Gasteiger partial charge in [0.05, 0.1) is 13.2 Å². The quantitative estimate of drug-likeness (QED) is 0.491. The Morgan fingerprint density at radius 1 is 0.742 bits per heavy atom. The zero-order chi connectivity index (χ0) is 21.9. The number of hydrogen-bond acceptors (Lipinski definition) is 4. The van der Waals surface area contributed by atoms with E-state index < -0.39 is 0 Å². The van der Waals surface area contributed by atoms with E-state index in [1.807, 2.05) is 4.90 Å². The molecule has 0 atom stereocenters. The largest absolute Gasteiger partial charge is 0.378 e. The van der Waals surface area contributed by atoms with Crippen LogP contribution in [0.1, 0.15) is 84.0 Å². The number of ether oxygens (including phenoxy) is 1. The second-order valence-electron chi connectivity index (χ2n) is 9.73. The third-order valence-electron chi connectivity index (χ3n) is 7.53. The lowest BCUT2D eigenvalue weighted by atomic mass is 9.92. The van der Waals surface area contributed by atoms with Gasteiger partial charge >= 0.3 is 0 Å². The average Bonchev–Trinajstić information content (AvgIpc) is 2.83. The lowest BCUT2D eigenvalue weighted by Crippen LogP contribution is -2.51. The number of carbonyl (C=O) groups is 2. The van der Waals surface area contributed by atoms with E-state index in [1.54, 1.807) is 0 Å². The summed E-state index contributed by atoms with van der Waals surface area (Å²) in [5.74, 6) is 0.897. The molecule has 0 aromatic rings. The fraction of sp³-hybridized carbons (Fsp3) is 0.920. The fourth-order valence-corrected chi connectivity index (χ4v) is 5.43. The maximum Gasteiger partial charge on any atom is 0.225 e. The molecule has 0 radical (unpaired) electrons. The van der Waals surface area contributed by atoms with Crippen LogP contribution in [0.2, 0.25) is 0 Å². The maximum atomic E-state index is 12.7. The number of morpholine rings is 1. The summed E-state index contributed by atoms with van der Waals surface area (Å²) < 4.78 is 5.37. The van der Waals surface area contributed by atoms with Gasteiger partial charge in [-0.15, -0.1) is 0 Å². The number of piperidine rings is 2. The minimum atomic E-state index is 0.193. The molecule has 3 aliphatic rings. The monoisotopic (exact) mass is 435 g/mol. The van der Waals surface area contributed by atoms with Gasteiger partial charge in [0.25, 0.3) is 0 Å². The van der Waals surface area contributed by atoms with Gasteiger partial charge in [-0.25, -0.2) is 0 Å². The fourth-order valence-electron chi connectivity index (χ4n) is 5.43. The molecule has 0 bridgehead atoms. The summed E-state index contributed by atoms with van der Waals surface area (Å²) in [6.45, 7) is 8.99. The number of unbranched alkanes of at least 4 members (excludes halogenated alkanes) is 6. The highest BCUT2D eigenvalue weighted by atomic mass is 16.5. The molecule has 0 aliphatic carbocycles. The molecule has 0 N–H and O–H groups in total. The second kappa shape index (κ2) is 13.4. The molecule has 178 valence electrons. The molecular formula is C25H45N3O3. The lowest BCUT2D eigenvalue weighted by Gasteiger charge is -2.42. The van der Waals surface area contributed by atoms with Crippen molar-refractivity contribution in [3.8, 4) is 0 Å². The highest BCUT2D eigenvalue weighted by Crippen LogP contribution is 2.26. The van der Waals surface area contributed by atoms with Crippen molar-refractivity contribution in [2.45, 2.75) is 90.0 Å². The van der Waals surface area contributed by atoms with Crippen LogP contribution in [0.5, 0.6) is 0 Å². The first-order chi connectivity index (χ1) is 15.2. The molecule has 2 amide bonds. The van der Waals surface area contributed by atoms with Crippen molar-refractivity contribution < 1.29 is 14.3 Å². The van der Waals surface area contributed by atoms with Crippen molar-refractivity contribution >= 4 is 11.8 Å². The van der Waals surface area contributed by atoms with Gasteiger partial charge in [0, 0.05) is 44.6 Å². The predicted molar refractivity (Wildman–Crippen MR) is 124 cm³/mol. The zero-order valence-electron chi connectivity index (χ0n) is 19.9. The second-order valence-corrected chi connectivity index (χ2v) is 9.73. The van der Waals surface area contributed by atoms with Crippen molar-refractivity contribution in [1.82, 2.24) is 14.7 Å². The van der Waals surface area contributed by atoms with Gasteiger partial charge in [-0.05, 0) is 45.2 Å². The number of rotatable bonds is 10. The van der Waals surface area contributed by atoms with Crippen molar-refractivity contribution in [3.63, 3.8) is 0 Å². The minimum Gasteiger partial charge on any atom is -0.378 e. The molecule has 3 heterocycles. The van der Waals surface area contributed by atoms with Crippen LogP contribution >= 0.6 is 0 Å². The summed E-state index contributed by atoms with van der Waals surface area (Å²) in [5.41, 5.74) is 0. The molecule has 0 aromatic heterocycles. The third-order valence-corrected chi connectivity index (χ3v) is 7.53. The molecule has 31 heavy (non-hydrogen) atoms. The van der Waals surface area contributed by atoms with Crippen LogP contribution in [0.25, 0.3) is 0 Å². The van der Waals surface area contributed by atoms with E-state index in [0.717, 1.165) is 77.8 Å². The van der Waals surface area contributed by atoms with Crippen molar-refractivity contribution in [2.75, 3.05) is 52.5 Å². The van der Waals surface area contributed by atoms with Gasteiger partial charge in [0.2, 0.25) is 11.8 Å². The van der Waals surface area contributed by atoms with Crippen LogP contribution < -0.4 is 0 Å². The Balaban J connectivity index is 1.28. The summed E-state index contributed by atoms with van der Waals surface area (Å²) >= 11 is 0. The maximum absolute atomic E-state index is 12.7. The van der Waals surface area contributed by atoms with Gasteiger partial charge in [-0.2, -0.15) is 0 Å². The van der Waals surface area contributed by atoms with Gasteiger partial charge < -0.3 is 19.4 Å². The number of nitrogens with zero attached hydrogens (tertiary/aromatic N) is 3. The molecule has 3 aliphatic heterocycles. The topological polar surface area (TPSA) is 53.1 Å². The number of carbonyl (C=O) groups excluding carboxylic acids is 2. The van der Waals surface area contributed by atoms with E-state index in [0.29, 0.717) is 31.1 Å². The van der Waals surface area contributed by atoms with E-state index in [9.17, 15) is 9.59 Å². The highest BCUT2D eigenvalue weighted by molar-refractivity contribution is 5.79. The average molecular weight is 436 g/mol. The molecule has 6 heteroatoms. The number of hydrogen-bond donors (Lipinski definition) is 0. The van der Waals surface area contributed by atoms with Gasteiger partial charge in [0.1, 0.15) is 0 Å². The van der Waals surface area contributed by atoms with E-state index in [1.165, 1.54) is 38.5 Å². The number of amides is 2. The molecule has 3 rings (SSSR count). The summed E-state index contributed by atoms with van der Waals surface area (Å²) in [6, 6.07) is 0.585. The van der Waals surface area contributed by atoms with E-state index in [2.05, 4.69) is 16.7 Å². The molecule has 0 saturated carbocycles. The van der Waals surface area contributed by atoms with Gasteiger partial charge in [-0.1, -0.05) is 45.4 Å². The smallest absolute Gasteiger partial charge is 0.225 e. The Kier molecular flexibility index (Phi) is 10.6. The summed E-state index contributed by atoms with van der Waals surface area (Å²) in [6.07, 6.45) is 13.7. The Morgan fingerprint density at radius 3 is 2.00 bits per heavy atom. The Bertz CT molecular complexity index is 534.